The van der Waals surface area contributed by atoms with Gasteiger partial charge in [-0.05, 0) is 12.3 Å². The van der Waals surface area contributed by atoms with Crippen LogP contribution in [0.1, 0.15) is 23.8 Å². The molecule has 1 aromatic rings. The minimum atomic E-state index is -0.0538. The number of carbonyl (C=O) groups is 1. The fourth-order valence-corrected chi connectivity index (χ4v) is 1.15. The number of nitrogens with one attached hydrogen (secondary N) is 2. The minimum absolute atomic E-state index is 0.0538. The van der Waals surface area contributed by atoms with Crippen LogP contribution in [-0.4, -0.2) is 21.9 Å². The number of nitrogens with zero attached hydrogens (tertiary/aromatic N) is 1. The van der Waals surface area contributed by atoms with Gasteiger partial charge in [-0.15, -0.1) is 0 Å². The maximum absolute atomic E-state index is 11.3. The van der Waals surface area contributed by atoms with Crippen molar-refractivity contribution in [1.82, 2.24) is 15.3 Å². The molecule has 0 aromatic carbocycles. The topological polar surface area (TPSA) is 57.8 Å². The van der Waals surface area contributed by atoms with E-state index in [1.165, 1.54) is 12.5 Å². The van der Waals surface area contributed by atoms with Gasteiger partial charge >= 0.3 is 0 Å². The summed E-state index contributed by atoms with van der Waals surface area (Å²) in [5.74, 6) is 0.582. The maximum Gasteiger partial charge on any atom is 0.269 e. The molecule has 4 heteroatoms. The Kier molecular flexibility index (Phi) is 1.60. The summed E-state index contributed by atoms with van der Waals surface area (Å²) in [6, 6.07) is 0.376. The van der Waals surface area contributed by atoms with E-state index < -0.39 is 0 Å². The van der Waals surface area contributed by atoms with Crippen molar-refractivity contribution in [2.45, 2.75) is 19.4 Å². The predicted octanol–water partition coefficient (Wildman–Crippen LogP) is 0.548. The first kappa shape index (κ1) is 7.34. The van der Waals surface area contributed by atoms with Gasteiger partial charge in [0.25, 0.3) is 5.91 Å². The largest absolute Gasteiger partial charge is 0.348 e. The fraction of sp³-hybridized carbons (Fsp3) is 0.500. The Morgan fingerprint density at radius 2 is 2.58 bits per heavy atom. The molecule has 64 valence electrons. The summed E-state index contributed by atoms with van der Waals surface area (Å²) >= 11 is 0. The second kappa shape index (κ2) is 2.62. The van der Waals surface area contributed by atoms with Crippen LogP contribution in [0.4, 0.5) is 0 Å². The summed E-state index contributed by atoms with van der Waals surface area (Å²) < 4.78 is 0. The summed E-state index contributed by atoms with van der Waals surface area (Å²) in [6.45, 7) is 2.12. The van der Waals surface area contributed by atoms with E-state index in [0.29, 0.717) is 17.7 Å². The highest BCUT2D eigenvalue weighted by Crippen LogP contribution is 2.28. The first-order chi connectivity index (χ1) is 5.77. The smallest absolute Gasteiger partial charge is 0.269 e. The van der Waals surface area contributed by atoms with Gasteiger partial charge in [-0.2, -0.15) is 0 Å². The molecule has 0 saturated heterocycles. The molecule has 1 amide bonds. The summed E-state index contributed by atoms with van der Waals surface area (Å²) in [6.07, 6.45) is 4.13. The Balaban J connectivity index is 1.93. The summed E-state index contributed by atoms with van der Waals surface area (Å²) in [5.41, 5.74) is 0.536. The molecule has 4 nitrogen and oxygen atoms in total. The van der Waals surface area contributed by atoms with Gasteiger partial charge in [0.15, 0.2) is 0 Å². The third kappa shape index (κ3) is 1.32. The Morgan fingerprint density at radius 3 is 3.08 bits per heavy atom. The predicted molar refractivity (Wildman–Crippen MR) is 43.6 cm³/mol. The van der Waals surface area contributed by atoms with Gasteiger partial charge in [-0.3, -0.25) is 4.79 Å². The number of hydrogen-bond donors (Lipinski definition) is 2. The normalized spacial score (nSPS) is 26.8. The van der Waals surface area contributed by atoms with Crippen LogP contribution in [-0.2, 0) is 0 Å². The number of rotatable bonds is 2. The van der Waals surface area contributed by atoms with Gasteiger partial charge < -0.3 is 10.3 Å². The van der Waals surface area contributed by atoms with E-state index in [1.807, 2.05) is 0 Å². The van der Waals surface area contributed by atoms with Crippen LogP contribution < -0.4 is 5.32 Å². The highest BCUT2D eigenvalue weighted by Gasteiger charge is 2.34. The molecular formula is C8H11N3O. The lowest BCUT2D eigenvalue weighted by atomic mass is 10.4. The van der Waals surface area contributed by atoms with E-state index in [4.69, 9.17) is 0 Å². The molecule has 1 fully saturated rings. The molecule has 1 saturated carbocycles. The zero-order chi connectivity index (χ0) is 8.55. The van der Waals surface area contributed by atoms with E-state index in [9.17, 15) is 4.79 Å². The summed E-state index contributed by atoms with van der Waals surface area (Å²) in [5, 5.41) is 2.90. The van der Waals surface area contributed by atoms with Crippen LogP contribution in [0, 0.1) is 5.92 Å². The number of imidazole rings is 1. The van der Waals surface area contributed by atoms with E-state index in [1.54, 1.807) is 0 Å². The maximum atomic E-state index is 11.3. The molecule has 1 aliphatic carbocycles. The number of amides is 1. The van der Waals surface area contributed by atoms with Crippen molar-refractivity contribution in [3.63, 3.8) is 0 Å². The SMILES string of the molecule is CC1CC1NC(=O)c1cnc[nH]1. The van der Waals surface area contributed by atoms with Crippen LogP contribution in [0.15, 0.2) is 12.5 Å². The summed E-state index contributed by atoms with van der Waals surface area (Å²) in [7, 11) is 0. The van der Waals surface area contributed by atoms with Crippen molar-refractivity contribution >= 4 is 5.91 Å². The molecule has 2 N–H and O–H groups in total. The van der Waals surface area contributed by atoms with Crippen molar-refractivity contribution in [2.75, 3.05) is 0 Å². The van der Waals surface area contributed by atoms with Crippen molar-refractivity contribution in [1.29, 1.82) is 0 Å². The van der Waals surface area contributed by atoms with Crippen LogP contribution in [0.2, 0.25) is 0 Å². The molecule has 0 spiro atoms. The average molecular weight is 165 g/mol. The Bertz CT molecular complexity index is 281. The lowest BCUT2D eigenvalue weighted by Gasteiger charge is -1.99. The second-order valence-corrected chi connectivity index (χ2v) is 3.26. The van der Waals surface area contributed by atoms with Gasteiger partial charge in [0.05, 0.1) is 12.5 Å². The van der Waals surface area contributed by atoms with Crippen molar-refractivity contribution in [3.8, 4) is 0 Å². The van der Waals surface area contributed by atoms with Gasteiger partial charge in [-0.1, -0.05) is 6.92 Å². The van der Waals surface area contributed by atoms with E-state index in [0.717, 1.165) is 6.42 Å². The van der Waals surface area contributed by atoms with Crippen LogP contribution in [0.3, 0.4) is 0 Å². The third-order valence-electron chi connectivity index (χ3n) is 2.17. The Hall–Kier alpha value is -1.32. The van der Waals surface area contributed by atoms with Gasteiger partial charge in [0, 0.05) is 6.04 Å². The number of hydrogen-bond acceptors (Lipinski definition) is 2. The lowest BCUT2D eigenvalue weighted by molar-refractivity contribution is 0.0945. The molecule has 0 aliphatic heterocycles. The molecule has 1 aliphatic rings. The minimum Gasteiger partial charge on any atom is -0.348 e. The Morgan fingerprint density at radius 1 is 1.83 bits per heavy atom. The molecule has 12 heavy (non-hydrogen) atoms. The monoisotopic (exact) mass is 165 g/mol. The first-order valence-corrected chi connectivity index (χ1v) is 4.06. The molecule has 0 bridgehead atoms. The quantitative estimate of drug-likeness (QED) is 0.672. The lowest BCUT2D eigenvalue weighted by Crippen LogP contribution is -2.26. The molecule has 1 aromatic heterocycles. The van der Waals surface area contributed by atoms with E-state index in [2.05, 4.69) is 22.2 Å². The molecule has 0 radical (unpaired) electrons. The standard InChI is InChI=1S/C8H11N3O/c1-5-2-6(5)11-8(12)7-3-9-4-10-7/h3-6H,2H2,1H3,(H,9,10)(H,11,12). The molecule has 1 heterocycles. The molecule has 2 rings (SSSR count). The summed E-state index contributed by atoms with van der Waals surface area (Å²) in [4.78, 5) is 17.9. The zero-order valence-corrected chi connectivity index (χ0v) is 6.87. The van der Waals surface area contributed by atoms with E-state index in [-0.39, 0.29) is 5.91 Å². The van der Waals surface area contributed by atoms with Gasteiger partial charge in [0.1, 0.15) is 5.69 Å². The molecule has 2 atom stereocenters. The van der Waals surface area contributed by atoms with Crippen LogP contribution in [0.5, 0.6) is 0 Å². The van der Waals surface area contributed by atoms with Gasteiger partial charge in [-0.25, -0.2) is 4.98 Å². The number of aromatic nitrogens is 2. The molecular weight excluding hydrogens is 154 g/mol. The van der Waals surface area contributed by atoms with E-state index >= 15 is 0 Å². The second-order valence-electron chi connectivity index (χ2n) is 3.26. The number of carbonyl (C=O) groups excluding carboxylic acids is 1. The first-order valence-electron chi connectivity index (χ1n) is 4.06. The fourth-order valence-electron chi connectivity index (χ4n) is 1.15. The van der Waals surface area contributed by atoms with Crippen LogP contribution in [0.25, 0.3) is 0 Å². The zero-order valence-electron chi connectivity index (χ0n) is 6.87. The third-order valence-corrected chi connectivity index (χ3v) is 2.17. The van der Waals surface area contributed by atoms with Crippen LogP contribution >= 0.6 is 0 Å². The highest BCUT2D eigenvalue weighted by molar-refractivity contribution is 5.92. The van der Waals surface area contributed by atoms with Crippen molar-refractivity contribution < 1.29 is 4.79 Å². The highest BCUT2D eigenvalue weighted by atomic mass is 16.2. The van der Waals surface area contributed by atoms with Crippen molar-refractivity contribution in [3.05, 3.63) is 18.2 Å². The number of aromatic amines is 1. The van der Waals surface area contributed by atoms with Crippen molar-refractivity contribution in [2.24, 2.45) is 5.92 Å². The average Bonchev–Trinajstić information content (AvgIpc) is 2.58. The number of H-pyrrole nitrogens is 1. The molecule has 2 unspecified atom stereocenters. The van der Waals surface area contributed by atoms with Gasteiger partial charge in [0.2, 0.25) is 0 Å². The Labute approximate surface area is 70.4 Å².